The van der Waals surface area contributed by atoms with Gasteiger partial charge in [-0.05, 0) is 57.2 Å². The van der Waals surface area contributed by atoms with Crippen LogP contribution in [0.5, 0.6) is 11.5 Å². The number of aromatic nitrogens is 2. The van der Waals surface area contributed by atoms with Gasteiger partial charge in [-0.3, -0.25) is 4.79 Å². The molecular formula is C21H22ClN3O3. The zero-order valence-electron chi connectivity index (χ0n) is 16.0. The van der Waals surface area contributed by atoms with Crippen LogP contribution in [0.25, 0.3) is 5.69 Å². The molecule has 3 rings (SSSR count). The van der Waals surface area contributed by atoms with Crippen molar-refractivity contribution >= 4 is 23.2 Å². The first kappa shape index (κ1) is 19.8. The van der Waals surface area contributed by atoms with Gasteiger partial charge in [0.15, 0.2) is 0 Å². The summed E-state index contributed by atoms with van der Waals surface area (Å²) in [6.45, 7) is 6.67. The molecular weight excluding hydrogens is 378 g/mol. The van der Waals surface area contributed by atoms with Gasteiger partial charge < -0.3 is 14.8 Å². The van der Waals surface area contributed by atoms with Crippen LogP contribution in [0.4, 0.5) is 5.69 Å². The Kier molecular flexibility index (Phi) is 6.21. The molecule has 0 bridgehead atoms. The minimum atomic E-state index is -0.271. The second-order valence-electron chi connectivity index (χ2n) is 6.01. The van der Waals surface area contributed by atoms with Crippen molar-refractivity contribution in [2.75, 3.05) is 18.5 Å². The lowest BCUT2D eigenvalue weighted by molar-refractivity contribution is 0.102. The Morgan fingerprint density at radius 1 is 1.11 bits per heavy atom. The number of amides is 1. The standard InChI is InChI=1S/C21H22ClN3O3/c1-4-27-17-10-11-20(28-5-2)19(12-17)24-21(26)18-13-23-25(14(18)3)16-8-6-15(22)7-9-16/h6-13H,4-5H2,1-3H3,(H,24,26). The average Bonchev–Trinajstić information content (AvgIpc) is 3.06. The van der Waals surface area contributed by atoms with Gasteiger partial charge in [0, 0.05) is 11.1 Å². The number of carbonyl (C=O) groups is 1. The average molecular weight is 400 g/mol. The fraction of sp³-hybridized carbons (Fsp3) is 0.238. The van der Waals surface area contributed by atoms with E-state index in [4.69, 9.17) is 21.1 Å². The highest BCUT2D eigenvalue weighted by molar-refractivity contribution is 6.30. The summed E-state index contributed by atoms with van der Waals surface area (Å²) < 4.78 is 12.8. The number of benzene rings is 2. The zero-order valence-corrected chi connectivity index (χ0v) is 16.8. The summed E-state index contributed by atoms with van der Waals surface area (Å²) >= 11 is 5.94. The third-order valence-corrected chi connectivity index (χ3v) is 4.39. The topological polar surface area (TPSA) is 65.4 Å². The van der Waals surface area contributed by atoms with Gasteiger partial charge in [-0.2, -0.15) is 5.10 Å². The van der Waals surface area contributed by atoms with Crippen LogP contribution in [0.15, 0.2) is 48.7 Å². The van der Waals surface area contributed by atoms with Crippen molar-refractivity contribution in [1.82, 2.24) is 9.78 Å². The molecule has 0 radical (unpaired) electrons. The molecule has 0 aliphatic rings. The number of anilines is 1. The maximum atomic E-state index is 12.9. The summed E-state index contributed by atoms with van der Waals surface area (Å²) in [6, 6.07) is 12.6. The van der Waals surface area contributed by atoms with E-state index in [-0.39, 0.29) is 5.91 Å². The molecule has 0 atom stereocenters. The van der Waals surface area contributed by atoms with E-state index in [2.05, 4.69) is 10.4 Å². The number of hydrogen-bond acceptors (Lipinski definition) is 4. The zero-order chi connectivity index (χ0) is 20.1. The molecule has 2 aromatic carbocycles. The van der Waals surface area contributed by atoms with Gasteiger partial charge in [-0.15, -0.1) is 0 Å². The minimum absolute atomic E-state index is 0.271. The molecule has 1 aromatic heterocycles. The van der Waals surface area contributed by atoms with Crippen molar-refractivity contribution in [2.45, 2.75) is 20.8 Å². The third kappa shape index (κ3) is 4.28. The van der Waals surface area contributed by atoms with Crippen LogP contribution in [0.1, 0.15) is 29.9 Å². The van der Waals surface area contributed by atoms with Crippen molar-refractivity contribution in [3.05, 3.63) is 64.9 Å². The van der Waals surface area contributed by atoms with Gasteiger partial charge in [-0.1, -0.05) is 11.6 Å². The van der Waals surface area contributed by atoms with Crippen molar-refractivity contribution in [1.29, 1.82) is 0 Å². The summed E-state index contributed by atoms with van der Waals surface area (Å²) in [4.78, 5) is 12.9. The van der Waals surface area contributed by atoms with Crippen LogP contribution < -0.4 is 14.8 Å². The van der Waals surface area contributed by atoms with E-state index >= 15 is 0 Å². The van der Waals surface area contributed by atoms with E-state index in [1.54, 1.807) is 35.1 Å². The SMILES string of the molecule is CCOc1ccc(OCC)c(NC(=O)c2cnn(-c3ccc(Cl)cc3)c2C)c1. The molecule has 1 amide bonds. The molecule has 1 heterocycles. The Morgan fingerprint density at radius 3 is 2.50 bits per heavy atom. The fourth-order valence-corrected chi connectivity index (χ4v) is 2.94. The largest absolute Gasteiger partial charge is 0.494 e. The monoisotopic (exact) mass is 399 g/mol. The van der Waals surface area contributed by atoms with Gasteiger partial charge in [0.2, 0.25) is 0 Å². The first-order chi connectivity index (χ1) is 13.5. The van der Waals surface area contributed by atoms with E-state index in [9.17, 15) is 4.79 Å². The molecule has 28 heavy (non-hydrogen) atoms. The Hall–Kier alpha value is -2.99. The molecule has 0 aliphatic carbocycles. The number of nitrogens with one attached hydrogen (secondary N) is 1. The van der Waals surface area contributed by atoms with Gasteiger partial charge in [0.1, 0.15) is 11.5 Å². The Morgan fingerprint density at radius 2 is 1.82 bits per heavy atom. The molecule has 146 valence electrons. The first-order valence-corrected chi connectivity index (χ1v) is 9.42. The Balaban J connectivity index is 1.87. The van der Waals surface area contributed by atoms with Crippen molar-refractivity contribution < 1.29 is 14.3 Å². The van der Waals surface area contributed by atoms with Gasteiger partial charge in [-0.25, -0.2) is 4.68 Å². The van der Waals surface area contributed by atoms with Gasteiger partial charge in [0.05, 0.1) is 42.0 Å². The highest BCUT2D eigenvalue weighted by Crippen LogP contribution is 2.30. The van der Waals surface area contributed by atoms with E-state index < -0.39 is 0 Å². The number of carbonyl (C=O) groups excluding carboxylic acids is 1. The lowest BCUT2D eigenvalue weighted by atomic mass is 10.2. The molecule has 1 N–H and O–H groups in total. The lowest BCUT2D eigenvalue weighted by Gasteiger charge is -2.13. The van der Waals surface area contributed by atoms with Crippen LogP contribution in [-0.2, 0) is 0 Å². The summed E-state index contributed by atoms with van der Waals surface area (Å²) in [7, 11) is 0. The maximum Gasteiger partial charge on any atom is 0.259 e. The molecule has 0 aliphatic heterocycles. The van der Waals surface area contributed by atoms with E-state index in [1.165, 1.54) is 0 Å². The Bertz CT molecular complexity index is 968. The maximum absolute atomic E-state index is 12.9. The van der Waals surface area contributed by atoms with Crippen LogP contribution in [-0.4, -0.2) is 28.9 Å². The summed E-state index contributed by atoms with van der Waals surface area (Å²) in [5.74, 6) is 0.976. The smallest absolute Gasteiger partial charge is 0.259 e. The molecule has 0 fully saturated rings. The van der Waals surface area contributed by atoms with Crippen molar-refractivity contribution in [3.63, 3.8) is 0 Å². The highest BCUT2D eigenvalue weighted by atomic mass is 35.5. The number of halogens is 1. The first-order valence-electron chi connectivity index (χ1n) is 9.05. The molecule has 6 nitrogen and oxygen atoms in total. The van der Waals surface area contributed by atoms with E-state index in [0.29, 0.717) is 41.0 Å². The Labute approximate surface area is 169 Å². The fourth-order valence-electron chi connectivity index (χ4n) is 2.81. The van der Waals surface area contributed by atoms with Crippen LogP contribution in [0, 0.1) is 6.92 Å². The van der Waals surface area contributed by atoms with E-state index in [0.717, 1.165) is 11.4 Å². The van der Waals surface area contributed by atoms with Crippen LogP contribution >= 0.6 is 11.6 Å². The number of hydrogen-bond donors (Lipinski definition) is 1. The van der Waals surface area contributed by atoms with Crippen LogP contribution in [0.3, 0.4) is 0 Å². The number of rotatable bonds is 7. The highest BCUT2D eigenvalue weighted by Gasteiger charge is 2.17. The number of nitrogens with zero attached hydrogens (tertiary/aromatic N) is 2. The molecule has 3 aromatic rings. The quantitative estimate of drug-likeness (QED) is 0.614. The van der Waals surface area contributed by atoms with Gasteiger partial charge in [0.25, 0.3) is 5.91 Å². The number of ether oxygens (including phenoxy) is 2. The predicted octanol–water partition coefficient (Wildman–Crippen LogP) is 4.88. The van der Waals surface area contributed by atoms with Gasteiger partial charge >= 0.3 is 0 Å². The summed E-state index contributed by atoms with van der Waals surface area (Å²) in [6.07, 6.45) is 1.55. The second kappa shape index (κ2) is 8.80. The van der Waals surface area contributed by atoms with Crippen molar-refractivity contribution in [3.8, 4) is 17.2 Å². The minimum Gasteiger partial charge on any atom is -0.494 e. The molecule has 7 heteroatoms. The summed E-state index contributed by atoms with van der Waals surface area (Å²) in [5.41, 5.74) is 2.57. The molecule has 0 saturated carbocycles. The summed E-state index contributed by atoms with van der Waals surface area (Å²) in [5, 5.41) is 7.89. The normalized spacial score (nSPS) is 10.6. The molecule has 0 spiro atoms. The lowest BCUT2D eigenvalue weighted by Crippen LogP contribution is -2.14. The molecule has 0 unspecified atom stereocenters. The molecule has 0 saturated heterocycles. The van der Waals surface area contributed by atoms with E-state index in [1.807, 2.05) is 39.0 Å². The second-order valence-corrected chi connectivity index (χ2v) is 6.45. The third-order valence-electron chi connectivity index (χ3n) is 4.14. The van der Waals surface area contributed by atoms with Crippen molar-refractivity contribution in [2.24, 2.45) is 0 Å². The predicted molar refractivity (Wildman–Crippen MR) is 110 cm³/mol. The van der Waals surface area contributed by atoms with Crippen LogP contribution in [0.2, 0.25) is 5.02 Å².